The van der Waals surface area contributed by atoms with Crippen molar-refractivity contribution in [2.24, 2.45) is 0 Å². The largest absolute Gasteiger partial charge is 0.370 e. The molecule has 142 valence electrons. The van der Waals surface area contributed by atoms with Gasteiger partial charge in [-0.15, -0.1) is 0 Å². The molecule has 1 saturated heterocycles. The Hall–Kier alpha value is -1.99. The number of carbonyl (C=O) groups is 2. The zero-order valence-corrected chi connectivity index (χ0v) is 17.3. The first kappa shape index (κ1) is 19.8. The van der Waals surface area contributed by atoms with Crippen LogP contribution in [0.15, 0.2) is 53.0 Å². The minimum Gasteiger partial charge on any atom is -0.370 e. The van der Waals surface area contributed by atoms with Crippen LogP contribution in [0.1, 0.15) is 15.9 Å². The van der Waals surface area contributed by atoms with Crippen molar-refractivity contribution in [3.05, 3.63) is 64.1 Å². The van der Waals surface area contributed by atoms with E-state index in [-0.39, 0.29) is 18.4 Å². The summed E-state index contributed by atoms with van der Waals surface area (Å²) in [7, 11) is 0. The minimum absolute atomic E-state index is 0.0468. The van der Waals surface area contributed by atoms with Crippen LogP contribution in [-0.4, -0.2) is 43.0 Å². The van der Waals surface area contributed by atoms with Gasteiger partial charge in [0.25, 0.3) is 5.91 Å². The fourth-order valence-electron chi connectivity index (χ4n) is 2.80. The quantitative estimate of drug-likeness (QED) is 0.714. The van der Waals surface area contributed by atoms with Crippen molar-refractivity contribution < 1.29 is 9.59 Å². The molecule has 2 N–H and O–H groups in total. The molecular formula is C20H22BrN3O2S. The van der Waals surface area contributed by atoms with Gasteiger partial charge in [0, 0.05) is 46.9 Å². The molecule has 0 radical (unpaired) electrons. The summed E-state index contributed by atoms with van der Waals surface area (Å²) in [6, 6.07) is 15.3. The van der Waals surface area contributed by atoms with Crippen molar-refractivity contribution in [3.8, 4) is 0 Å². The molecule has 2 amide bonds. The molecule has 2 aromatic carbocycles. The Morgan fingerprint density at radius 3 is 2.48 bits per heavy atom. The van der Waals surface area contributed by atoms with E-state index in [2.05, 4.69) is 43.6 Å². The molecule has 1 aliphatic rings. The highest BCUT2D eigenvalue weighted by Gasteiger charge is 2.11. The van der Waals surface area contributed by atoms with Gasteiger partial charge in [-0.05, 0) is 35.9 Å². The van der Waals surface area contributed by atoms with Crippen LogP contribution in [0.2, 0.25) is 0 Å². The Bertz CT molecular complexity index is 792. The summed E-state index contributed by atoms with van der Waals surface area (Å²) in [6.07, 6.45) is 0. The van der Waals surface area contributed by atoms with Gasteiger partial charge in [0.15, 0.2) is 0 Å². The van der Waals surface area contributed by atoms with Gasteiger partial charge in [-0.25, -0.2) is 0 Å². The third-order valence-electron chi connectivity index (χ3n) is 4.30. The molecule has 1 aliphatic heterocycles. The summed E-state index contributed by atoms with van der Waals surface area (Å²) in [5, 5.41) is 5.47. The van der Waals surface area contributed by atoms with Crippen molar-refractivity contribution in [3.63, 3.8) is 0 Å². The molecule has 1 heterocycles. The lowest BCUT2D eigenvalue weighted by molar-refractivity contribution is -0.120. The number of hydrogen-bond acceptors (Lipinski definition) is 4. The van der Waals surface area contributed by atoms with E-state index in [1.807, 2.05) is 30.0 Å². The molecule has 7 heteroatoms. The third-order valence-corrected chi connectivity index (χ3v) is 5.73. The second kappa shape index (κ2) is 9.80. The van der Waals surface area contributed by atoms with Crippen molar-refractivity contribution in [2.45, 2.75) is 6.54 Å². The van der Waals surface area contributed by atoms with Gasteiger partial charge in [0.2, 0.25) is 5.91 Å². The Morgan fingerprint density at radius 1 is 1.04 bits per heavy atom. The lowest BCUT2D eigenvalue weighted by atomic mass is 10.2. The van der Waals surface area contributed by atoms with E-state index in [4.69, 9.17) is 0 Å². The zero-order valence-electron chi connectivity index (χ0n) is 14.9. The monoisotopic (exact) mass is 447 g/mol. The van der Waals surface area contributed by atoms with Crippen LogP contribution in [0.4, 0.5) is 5.69 Å². The highest BCUT2D eigenvalue weighted by atomic mass is 79.9. The van der Waals surface area contributed by atoms with Crippen LogP contribution in [-0.2, 0) is 11.3 Å². The molecule has 27 heavy (non-hydrogen) atoms. The summed E-state index contributed by atoms with van der Waals surface area (Å²) in [5.74, 6) is 1.86. The van der Waals surface area contributed by atoms with Crippen molar-refractivity contribution in [2.75, 3.05) is 36.0 Å². The first-order valence-corrected chi connectivity index (χ1v) is 10.8. The zero-order chi connectivity index (χ0) is 19.1. The van der Waals surface area contributed by atoms with E-state index in [1.165, 1.54) is 17.2 Å². The van der Waals surface area contributed by atoms with Crippen molar-refractivity contribution in [1.82, 2.24) is 10.6 Å². The van der Waals surface area contributed by atoms with Gasteiger partial charge in [-0.1, -0.05) is 34.1 Å². The van der Waals surface area contributed by atoms with Crippen molar-refractivity contribution >= 4 is 45.2 Å². The highest BCUT2D eigenvalue weighted by Crippen LogP contribution is 2.19. The predicted octanol–water partition coefficient (Wildman–Crippen LogP) is 3.05. The first-order valence-electron chi connectivity index (χ1n) is 8.84. The van der Waals surface area contributed by atoms with Gasteiger partial charge in [-0.3, -0.25) is 9.59 Å². The normalized spacial score (nSPS) is 13.9. The smallest absolute Gasteiger partial charge is 0.251 e. The number of thioether (sulfide) groups is 1. The number of nitrogens with zero attached hydrogens (tertiary/aromatic N) is 1. The second-order valence-electron chi connectivity index (χ2n) is 6.24. The van der Waals surface area contributed by atoms with Crippen LogP contribution in [0.3, 0.4) is 0 Å². The molecule has 2 aromatic rings. The van der Waals surface area contributed by atoms with Crippen LogP contribution < -0.4 is 15.5 Å². The Labute approximate surface area is 172 Å². The molecule has 0 bridgehead atoms. The predicted molar refractivity (Wildman–Crippen MR) is 114 cm³/mol. The first-order chi connectivity index (χ1) is 13.1. The number of rotatable bonds is 6. The number of amides is 2. The SMILES string of the molecule is O=C(CNC(=O)c1cccc(Br)c1)NCc1ccc(N2CCSCC2)cc1. The molecule has 0 saturated carbocycles. The minimum atomic E-state index is -0.268. The number of hydrogen-bond donors (Lipinski definition) is 2. The maximum atomic E-state index is 12.0. The molecule has 0 unspecified atom stereocenters. The standard InChI is InChI=1S/C20H22BrN3O2S/c21-17-3-1-2-16(12-17)20(26)23-14-19(25)22-13-15-4-6-18(7-5-15)24-8-10-27-11-9-24/h1-7,12H,8-11,13-14H2,(H,22,25)(H,23,26). The van der Waals surface area contributed by atoms with Crippen LogP contribution in [0, 0.1) is 0 Å². The summed E-state index contributed by atoms with van der Waals surface area (Å²) >= 11 is 5.32. The fraction of sp³-hybridized carbons (Fsp3) is 0.300. The number of nitrogens with one attached hydrogen (secondary N) is 2. The number of halogens is 1. The maximum absolute atomic E-state index is 12.0. The number of benzene rings is 2. The van der Waals surface area contributed by atoms with Crippen molar-refractivity contribution in [1.29, 1.82) is 0 Å². The molecule has 0 spiro atoms. The summed E-state index contributed by atoms with van der Waals surface area (Å²) < 4.78 is 0.825. The van der Waals surface area contributed by atoms with E-state index in [0.717, 1.165) is 23.1 Å². The highest BCUT2D eigenvalue weighted by molar-refractivity contribution is 9.10. The number of anilines is 1. The molecule has 1 fully saturated rings. The Balaban J connectivity index is 1.42. The molecule has 3 rings (SSSR count). The van der Waals surface area contributed by atoms with Gasteiger partial charge >= 0.3 is 0 Å². The molecule has 0 aliphatic carbocycles. The third kappa shape index (κ3) is 6.01. The Morgan fingerprint density at radius 2 is 1.78 bits per heavy atom. The van der Waals surface area contributed by atoms with Gasteiger partial charge in [0.05, 0.1) is 6.54 Å². The summed E-state index contributed by atoms with van der Waals surface area (Å²) in [5.41, 5.74) is 2.78. The van der Waals surface area contributed by atoms with E-state index >= 15 is 0 Å². The average Bonchev–Trinajstić information content (AvgIpc) is 2.71. The lowest BCUT2D eigenvalue weighted by Crippen LogP contribution is -2.36. The second-order valence-corrected chi connectivity index (χ2v) is 8.38. The van der Waals surface area contributed by atoms with E-state index in [9.17, 15) is 9.59 Å². The average molecular weight is 448 g/mol. The van der Waals surface area contributed by atoms with Crippen LogP contribution in [0.25, 0.3) is 0 Å². The molecule has 0 aromatic heterocycles. The summed E-state index contributed by atoms with van der Waals surface area (Å²) in [6.45, 7) is 2.56. The maximum Gasteiger partial charge on any atom is 0.251 e. The van der Waals surface area contributed by atoms with E-state index in [1.54, 1.807) is 18.2 Å². The number of carbonyl (C=O) groups excluding carboxylic acids is 2. The van der Waals surface area contributed by atoms with E-state index < -0.39 is 0 Å². The topological polar surface area (TPSA) is 61.4 Å². The van der Waals surface area contributed by atoms with Gasteiger partial charge in [0.1, 0.15) is 0 Å². The van der Waals surface area contributed by atoms with Crippen LogP contribution >= 0.6 is 27.7 Å². The summed E-state index contributed by atoms with van der Waals surface area (Å²) in [4.78, 5) is 26.4. The van der Waals surface area contributed by atoms with Gasteiger partial charge < -0.3 is 15.5 Å². The molecule has 0 atom stereocenters. The molecule has 5 nitrogen and oxygen atoms in total. The van der Waals surface area contributed by atoms with Crippen LogP contribution in [0.5, 0.6) is 0 Å². The fourth-order valence-corrected chi connectivity index (χ4v) is 4.10. The lowest BCUT2D eigenvalue weighted by Gasteiger charge is -2.28. The van der Waals surface area contributed by atoms with E-state index in [0.29, 0.717) is 12.1 Å². The molecular weight excluding hydrogens is 426 g/mol. The van der Waals surface area contributed by atoms with Gasteiger partial charge in [-0.2, -0.15) is 11.8 Å². The Kier molecular flexibility index (Phi) is 7.18.